The molecule has 0 fully saturated rings. The van der Waals surface area contributed by atoms with E-state index in [4.69, 9.17) is 0 Å². The number of carbonyl (C=O) groups excluding carboxylic acids is 1. The highest BCUT2D eigenvalue weighted by Crippen LogP contribution is 2.14. The highest BCUT2D eigenvalue weighted by Gasteiger charge is 2.18. The van der Waals surface area contributed by atoms with Crippen LogP contribution in [0.4, 0.5) is 4.39 Å². The third-order valence-electron chi connectivity index (χ3n) is 3.06. The van der Waals surface area contributed by atoms with Gasteiger partial charge in [-0.1, -0.05) is 6.92 Å². The largest absolute Gasteiger partial charge is 0.271 e. The Labute approximate surface area is 135 Å². The number of hydrogen-bond donors (Lipinski definition) is 1. The highest BCUT2D eigenvalue weighted by atomic mass is 79.9. The van der Waals surface area contributed by atoms with Crippen molar-refractivity contribution in [2.75, 3.05) is 0 Å². The van der Waals surface area contributed by atoms with Crippen LogP contribution < -0.4 is 5.43 Å². The van der Waals surface area contributed by atoms with E-state index in [1.165, 1.54) is 17.1 Å². The summed E-state index contributed by atoms with van der Waals surface area (Å²) < 4.78 is 17.3. The molecule has 1 atom stereocenters. The van der Waals surface area contributed by atoms with Gasteiger partial charge in [0.15, 0.2) is 0 Å². The second kappa shape index (κ2) is 7.30. The summed E-state index contributed by atoms with van der Waals surface area (Å²) in [6.07, 6.45) is 6.46. The lowest BCUT2D eigenvalue weighted by atomic mass is 10.2. The summed E-state index contributed by atoms with van der Waals surface area (Å²) in [7, 11) is 0. The van der Waals surface area contributed by atoms with Gasteiger partial charge in [0.25, 0.3) is 5.91 Å². The van der Waals surface area contributed by atoms with Crippen LogP contribution in [0, 0.1) is 5.95 Å². The van der Waals surface area contributed by atoms with Crippen LogP contribution in [0.3, 0.4) is 0 Å². The van der Waals surface area contributed by atoms with Gasteiger partial charge >= 0.3 is 0 Å². The fourth-order valence-electron chi connectivity index (χ4n) is 1.91. The quantitative estimate of drug-likeness (QED) is 0.624. The molecule has 2 aromatic rings. The fraction of sp³-hybridized carbons (Fsp3) is 0.385. The molecule has 118 valence electrons. The molecular formula is C13H16BrFN6O. The maximum absolute atomic E-state index is 13.7. The first-order valence-electron chi connectivity index (χ1n) is 6.80. The van der Waals surface area contributed by atoms with Crippen molar-refractivity contribution in [3.8, 4) is 0 Å². The molecule has 2 aromatic heterocycles. The predicted octanol–water partition coefficient (Wildman–Crippen LogP) is 2.10. The zero-order chi connectivity index (χ0) is 16.1. The van der Waals surface area contributed by atoms with Gasteiger partial charge in [0.2, 0.25) is 5.95 Å². The van der Waals surface area contributed by atoms with Crippen LogP contribution in [-0.2, 0) is 11.3 Å². The number of hydrogen-bond acceptors (Lipinski definition) is 4. The van der Waals surface area contributed by atoms with Crippen molar-refractivity contribution in [2.45, 2.75) is 32.9 Å². The van der Waals surface area contributed by atoms with E-state index in [1.807, 2.05) is 6.92 Å². The summed E-state index contributed by atoms with van der Waals surface area (Å²) in [5.74, 6) is -0.804. The summed E-state index contributed by atoms with van der Waals surface area (Å²) in [6.45, 7) is 4.08. The predicted molar refractivity (Wildman–Crippen MR) is 82.9 cm³/mol. The number of rotatable bonds is 6. The molecule has 2 rings (SSSR count). The van der Waals surface area contributed by atoms with E-state index in [9.17, 15) is 9.18 Å². The Bertz CT molecular complexity index is 680. The van der Waals surface area contributed by atoms with E-state index in [1.54, 1.807) is 24.0 Å². The summed E-state index contributed by atoms with van der Waals surface area (Å²) >= 11 is 3.28. The van der Waals surface area contributed by atoms with Crippen molar-refractivity contribution in [1.29, 1.82) is 0 Å². The van der Waals surface area contributed by atoms with Gasteiger partial charge in [-0.15, -0.1) is 0 Å². The lowest BCUT2D eigenvalue weighted by Crippen LogP contribution is -2.29. The second-order valence-electron chi connectivity index (χ2n) is 4.50. The van der Waals surface area contributed by atoms with E-state index in [0.29, 0.717) is 13.0 Å². The van der Waals surface area contributed by atoms with Gasteiger partial charge in [-0.25, -0.2) is 10.1 Å². The smallest absolute Gasteiger partial charge is 0.264 e. The minimum Gasteiger partial charge on any atom is -0.271 e. The molecule has 1 unspecified atom stereocenters. The number of aromatic nitrogens is 4. The zero-order valence-electron chi connectivity index (χ0n) is 12.2. The zero-order valence-corrected chi connectivity index (χ0v) is 13.8. The number of aryl methyl sites for hydroxylation is 1. The van der Waals surface area contributed by atoms with Gasteiger partial charge in [0, 0.05) is 12.7 Å². The number of amides is 1. The van der Waals surface area contributed by atoms with Gasteiger partial charge < -0.3 is 0 Å². The van der Waals surface area contributed by atoms with Gasteiger partial charge in [-0.05, 0) is 29.3 Å². The number of nitrogens with one attached hydrogen (secondary N) is 1. The number of carbonyl (C=O) groups is 1. The van der Waals surface area contributed by atoms with Crippen LogP contribution in [0.1, 0.15) is 31.9 Å². The number of nitrogens with zero attached hydrogens (tertiary/aromatic N) is 5. The summed E-state index contributed by atoms with van der Waals surface area (Å²) in [5.41, 5.74) is 2.61. The summed E-state index contributed by atoms with van der Waals surface area (Å²) in [4.78, 5) is 12.1. The minimum atomic E-state index is -0.483. The maximum atomic E-state index is 13.7. The van der Waals surface area contributed by atoms with Crippen LogP contribution >= 0.6 is 15.9 Å². The average Bonchev–Trinajstić information content (AvgIpc) is 3.07. The Hall–Kier alpha value is -2.03. The lowest BCUT2D eigenvalue weighted by molar-refractivity contribution is -0.124. The first kappa shape index (κ1) is 16.3. The number of halogens is 2. The molecule has 1 N–H and O–H groups in total. The van der Waals surface area contributed by atoms with Gasteiger partial charge in [-0.2, -0.15) is 19.7 Å². The van der Waals surface area contributed by atoms with E-state index >= 15 is 0 Å². The summed E-state index contributed by atoms with van der Waals surface area (Å²) in [6, 6.07) is -0.480. The van der Waals surface area contributed by atoms with Crippen molar-refractivity contribution >= 4 is 28.1 Å². The lowest BCUT2D eigenvalue weighted by Gasteiger charge is -2.12. The molecule has 0 aromatic carbocycles. The molecule has 7 nitrogen and oxygen atoms in total. The van der Waals surface area contributed by atoms with Crippen LogP contribution in [0.25, 0.3) is 0 Å². The Kier molecular flexibility index (Phi) is 5.42. The number of hydrazone groups is 1. The van der Waals surface area contributed by atoms with Crippen LogP contribution in [-0.4, -0.2) is 31.7 Å². The van der Waals surface area contributed by atoms with Crippen LogP contribution in [0.15, 0.2) is 28.2 Å². The average molecular weight is 371 g/mol. The topological polar surface area (TPSA) is 77.1 Å². The van der Waals surface area contributed by atoms with Crippen molar-refractivity contribution < 1.29 is 9.18 Å². The Balaban J connectivity index is 2.01. The molecule has 9 heteroatoms. The van der Waals surface area contributed by atoms with Gasteiger partial charge in [0.05, 0.1) is 28.6 Å². The van der Waals surface area contributed by atoms with Crippen molar-refractivity contribution in [3.63, 3.8) is 0 Å². The molecule has 0 radical (unpaired) electrons. The van der Waals surface area contributed by atoms with Crippen molar-refractivity contribution in [1.82, 2.24) is 25.0 Å². The second-order valence-corrected chi connectivity index (χ2v) is 5.42. The molecule has 0 bridgehead atoms. The van der Waals surface area contributed by atoms with Crippen molar-refractivity contribution in [2.24, 2.45) is 5.10 Å². The first-order chi connectivity index (χ1) is 10.6. The van der Waals surface area contributed by atoms with Crippen molar-refractivity contribution in [3.05, 3.63) is 34.6 Å². The SMILES string of the molecule is CCC(C(=O)N/N=C/c1cnn(CC)c1F)n1cc(Br)cn1. The third kappa shape index (κ3) is 3.59. The molecule has 0 aliphatic heterocycles. The van der Waals surface area contributed by atoms with Crippen LogP contribution in [0.5, 0.6) is 0 Å². The first-order valence-corrected chi connectivity index (χ1v) is 7.60. The molecule has 0 saturated heterocycles. The molecule has 0 aliphatic carbocycles. The standard InChI is InChI=1S/C13H16BrFN6O/c1-3-11(21-8-10(14)7-18-21)13(22)19-16-5-9-6-17-20(4-2)12(9)15/h5-8,11H,3-4H2,1-2H3,(H,19,22)/b16-5+. The molecule has 0 saturated carbocycles. The Morgan fingerprint density at radius 3 is 2.82 bits per heavy atom. The normalized spacial score (nSPS) is 12.7. The molecule has 1 amide bonds. The Morgan fingerprint density at radius 2 is 2.27 bits per heavy atom. The highest BCUT2D eigenvalue weighted by molar-refractivity contribution is 9.10. The molecule has 0 spiro atoms. The van der Waals surface area contributed by atoms with E-state index in [2.05, 4.69) is 36.7 Å². The van der Waals surface area contributed by atoms with Crippen LogP contribution in [0.2, 0.25) is 0 Å². The monoisotopic (exact) mass is 370 g/mol. The van der Waals surface area contributed by atoms with E-state index in [-0.39, 0.29) is 11.5 Å². The van der Waals surface area contributed by atoms with E-state index < -0.39 is 12.0 Å². The fourth-order valence-corrected chi connectivity index (χ4v) is 2.21. The van der Waals surface area contributed by atoms with Gasteiger partial charge in [-0.3, -0.25) is 9.48 Å². The summed E-state index contributed by atoms with van der Waals surface area (Å²) in [5, 5.41) is 11.7. The molecular weight excluding hydrogens is 355 g/mol. The molecule has 22 heavy (non-hydrogen) atoms. The van der Waals surface area contributed by atoms with E-state index in [0.717, 1.165) is 4.47 Å². The van der Waals surface area contributed by atoms with Gasteiger partial charge in [0.1, 0.15) is 6.04 Å². The Morgan fingerprint density at radius 1 is 1.50 bits per heavy atom. The molecule has 0 aliphatic rings. The maximum Gasteiger partial charge on any atom is 0.264 e. The molecule has 2 heterocycles. The third-order valence-corrected chi connectivity index (χ3v) is 3.47. The minimum absolute atomic E-state index is 0.219.